The lowest BCUT2D eigenvalue weighted by Gasteiger charge is -2.30. The van der Waals surface area contributed by atoms with Crippen LogP contribution in [0.15, 0.2) is 28.7 Å². The number of nitrogens with zero attached hydrogens (tertiary/aromatic N) is 3. The summed E-state index contributed by atoms with van der Waals surface area (Å²) in [6.07, 6.45) is 1.79. The summed E-state index contributed by atoms with van der Waals surface area (Å²) in [4.78, 5) is 14.4. The maximum Gasteiger partial charge on any atom is 0.310 e. The van der Waals surface area contributed by atoms with Gasteiger partial charge >= 0.3 is 5.97 Å². The van der Waals surface area contributed by atoms with E-state index in [2.05, 4.69) is 10.00 Å². The number of aromatic nitrogens is 2. The summed E-state index contributed by atoms with van der Waals surface area (Å²) < 4.78 is 12.4. The topological polar surface area (TPSA) is 60.5 Å². The maximum absolute atomic E-state index is 12.0. The van der Waals surface area contributed by atoms with Crippen molar-refractivity contribution in [3.05, 3.63) is 34.1 Å². The lowest BCUT2D eigenvalue weighted by Crippen LogP contribution is -2.40. The molecule has 1 aliphatic rings. The van der Waals surface area contributed by atoms with Gasteiger partial charge in [-0.1, -0.05) is 17.7 Å². The average Bonchev–Trinajstić information content (AvgIpc) is 2.96. The Morgan fingerprint density at radius 1 is 1.52 bits per heavy atom. The number of hydrogen-bond acceptors (Lipinski definition) is 6. The Hall–Kier alpha value is -1.70. The Morgan fingerprint density at radius 2 is 2.36 bits per heavy atom. The molecule has 0 amide bonds. The van der Waals surface area contributed by atoms with Crippen molar-refractivity contribution in [1.82, 2.24) is 14.7 Å². The molecule has 3 rings (SSSR count). The first-order valence-electron chi connectivity index (χ1n) is 8.29. The third kappa shape index (κ3) is 4.48. The lowest BCUT2D eigenvalue weighted by molar-refractivity contribution is -0.150. The molecule has 25 heavy (non-hydrogen) atoms. The van der Waals surface area contributed by atoms with E-state index in [1.165, 1.54) is 0 Å². The van der Waals surface area contributed by atoms with Gasteiger partial charge in [0, 0.05) is 17.1 Å². The maximum atomic E-state index is 12.0. The number of esters is 1. The Kier molecular flexibility index (Phi) is 5.88. The van der Waals surface area contributed by atoms with Crippen molar-refractivity contribution in [2.24, 2.45) is 5.92 Å². The van der Waals surface area contributed by atoms with E-state index in [-0.39, 0.29) is 11.9 Å². The van der Waals surface area contributed by atoms with E-state index in [4.69, 9.17) is 33.0 Å². The third-order valence-corrected chi connectivity index (χ3v) is 4.67. The fraction of sp³-hybridized carbons (Fsp3) is 0.471. The summed E-state index contributed by atoms with van der Waals surface area (Å²) in [6.45, 7) is 4.24. The van der Waals surface area contributed by atoms with Gasteiger partial charge in [0.1, 0.15) is 0 Å². The second-order valence-corrected chi connectivity index (χ2v) is 6.78. The van der Waals surface area contributed by atoms with Gasteiger partial charge in [-0.2, -0.15) is 0 Å². The van der Waals surface area contributed by atoms with Gasteiger partial charge in [-0.05, 0) is 56.7 Å². The molecule has 2 heterocycles. The fourth-order valence-electron chi connectivity index (χ4n) is 2.96. The van der Waals surface area contributed by atoms with E-state index in [0.29, 0.717) is 35.6 Å². The number of benzene rings is 1. The van der Waals surface area contributed by atoms with Crippen LogP contribution < -0.4 is 0 Å². The monoisotopic (exact) mass is 381 g/mol. The largest absolute Gasteiger partial charge is 0.466 e. The van der Waals surface area contributed by atoms with Crippen LogP contribution in [0.2, 0.25) is 5.02 Å². The summed E-state index contributed by atoms with van der Waals surface area (Å²) in [6, 6.07) is 7.28. The third-order valence-electron chi connectivity index (χ3n) is 4.14. The first-order chi connectivity index (χ1) is 12.1. The normalized spacial score (nSPS) is 18.2. The van der Waals surface area contributed by atoms with Crippen LogP contribution in [0.25, 0.3) is 11.5 Å². The van der Waals surface area contributed by atoms with E-state index >= 15 is 0 Å². The van der Waals surface area contributed by atoms with Crippen LogP contribution in [0.3, 0.4) is 0 Å². The Morgan fingerprint density at radius 3 is 3.12 bits per heavy atom. The zero-order valence-electron chi connectivity index (χ0n) is 14.0. The minimum Gasteiger partial charge on any atom is -0.466 e. The van der Waals surface area contributed by atoms with Crippen molar-refractivity contribution in [1.29, 1.82) is 0 Å². The molecule has 1 aliphatic heterocycles. The van der Waals surface area contributed by atoms with Crippen LogP contribution in [0.1, 0.15) is 19.8 Å². The van der Waals surface area contributed by atoms with Crippen LogP contribution in [-0.4, -0.2) is 40.3 Å². The molecule has 8 heteroatoms. The second kappa shape index (κ2) is 8.12. The minimum atomic E-state index is -0.129. The van der Waals surface area contributed by atoms with Gasteiger partial charge in [0.15, 0.2) is 0 Å². The number of hydrogen-bond donors (Lipinski definition) is 0. The molecular weight excluding hydrogens is 362 g/mol. The predicted molar refractivity (Wildman–Crippen MR) is 96.7 cm³/mol. The first-order valence-corrected chi connectivity index (χ1v) is 9.08. The smallest absolute Gasteiger partial charge is 0.310 e. The van der Waals surface area contributed by atoms with Crippen molar-refractivity contribution in [3.8, 4) is 11.5 Å². The minimum absolute atomic E-state index is 0.0952. The van der Waals surface area contributed by atoms with E-state index in [0.717, 1.165) is 24.9 Å². The first kappa shape index (κ1) is 18.1. The lowest BCUT2D eigenvalue weighted by atomic mass is 9.99. The van der Waals surface area contributed by atoms with Crippen molar-refractivity contribution in [2.45, 2.75) is 26.4 Å². The van der Waals surface area contributed by atoms with Crippen molar-refractivity contribution < 1.29 is 13.9 Å². The molecule has 1 aromatic carbocycles. The van der Waals surface area contributed by atoms with Crippen molar-refractivity contribution >= 4 is 29.8 Å². The predicted octanol–water partition coefficient (Wildman–Crippen LogP) is 3.76. The highest BCUT2D eigenvalue weighted by Crippen LogP contribution is 2.23. The summed E-state index contributed by atoms with van der Waals surface area (Å²) in [5.41, 5.74) is 0.778. The standard InChI is InChI=1S/C17H20ClN3O3S/c1-2-23-16(22)13-6-4-8-20(10-13)11-21-17(25)24-15(19-21)12-5-3-7-14(18)9-12/h3,5,7,9,13H,2,4,6,8,10-11H2,1H3/t13-/m1/s1. The molecule has 0 saturated carbocycles. The highest BCUT2D eigenvalue weighted by atomic mass is 35.5. The molecule has 1 atom stereocenters. The van der Waals surface area contributed by atoms with E-state index in [1.807, 2.05) is 19.1 Å². The Balaban J connectivity index is 1.71. The molecule has 1 fully saturated rings. The molecule has 2 aromatic rings. The number of carbonyl (C=O) groups excluding carboxylic acids is 1. The van der Waals surface area contributed by atoms with Gasteiger partial charge < -0.3 is 9.15 Å². The molecule has 0 aliphatic carbocycles. The molecule has 0 N–H and O–H groups in total. The summed E-state index contributed by atoms with van der Waals surface area (Å²) in [5, 5.41) is 5.06. The van der Waals surface area contributed by atoms with Gasteiger partial charge in [0.2, 0.25) is 5.89 Å². The summed E-state index contributed by atoms with van der Waals surface area (Å²) >= 11 is 11.3. The average molecular weight is 382 g/mol. The SMILES string of the molecule is CCOC(=O)[C@@H]1CCCN(Cn2nc(-c3cccc(Cl)c3)oc2=S)C1. The molecule has 0 unspecified atom stereocenters. The number of rotatable bonds is 5. The van der Waals surface area contributed by atoms with Crippen LogP contribution >= 0.6 is 23.8 Å². The fourth-order valence-corrected chi connectivity index (χ4v) is 3.33. The molecule has 1 aromatic heterocycles. The number of likely N-dealkylation sites (tertiary alicyclic amines) is 1. The Labute approximate surface area is 156 Å². The zero-order chi connectivity index (χ0) is 17.8. The van der Waals surface area contributed by atoms with Crippen LogP contribution in [0.5, 0.6) is 0 Å². The van der Waals surface area contributed by atoms with Gasteiger partial charge in [-0.15, -0.1) is 5.10 Å². The van der Waals surface area contributed by atoms with Crippen LogP contribution in [0.4, 0.5) is 0 Å². The second-order valence-electron chi connectivity index (χ2n) is 5.99. The van der Waals surface area contributed by atoms with Gasteiger partial charge in [-0.25, -0.2) is 4.68 Å². The number of carbonyl (C=O) groups is 1. The van der Waals surface area contributed by atoms with Gasteiger partial charge in [0.05, 0.1) is 19.2 Å². The van der Waals surface area contributed by atoms with E-state index in [9.17, 15) is 4.79 Å². The molecule has 0 spiro atoms. The van der Waals surface area contributed by atoms with Crippen molar-refractivity contribution in [2.75, 3.05) is 19.7 Å². The van der Waals surface area contributed by atoms with Gasteiger partial charge in [0.25, 0.3) is 4.84 Å². The number of ether oxygens (including phenoxy) is 1. The molecular formula is C17H20ClN3O3S. The number of halogens is 1. The molecule has 0 radical (unpaired) electrons. The molecule has 134 valence electrons. The number of piperidine rings is 1. The van der Waals surface area contributed by atoms with E-state index in [1.54, 1.807) is 16.8 Å². The summed E-state index contributed by atoms with van der Waals surface area (Å²) in [7, 11) is 0. The molecule has 0 bridgehead atoms. The zero-order valence-corrected chi connectivity index (χ0v) is 15.6. The van der Waals surface area contributed by atoms with Gasteiger partial charge in [-0.3, -0.25) is 9.69 Å². The molecule has 6 nitrogen and oxygen atoms in total. The summed E-state index contributed by atoms with van der Waals surface area (Å²) in [5.74, 6) is 0.212. The highest BCUT2D eigenvalue weighted by Gasteiger charge is 2.27. The molecule has 1 saturated heterocycles. The highest BCUT2D eigenvalue weighted by molar-refractivity contribution is 7.71. The quantitative estimate of drug-likeness (QED) is 0.580. The van der Waals surface area contributed by atoms with Crippen LogP contribution in [-0.2, 0) is 16.2 Å². The Bertz CT molecular complexity index is 804. The van der Waals surface area contributed by atoms with Crippen molar-refractivity contribution in [3.63, 3.8) is 0 Å². The van der Waals surface area contributed by atoms with Crippen LogP contribution in [0, 0.1) is 10.8 Å². The van der Waals surface area contributed by atoms with E-state index < -0.39 is 0 Å².